The molecule has 0 aliphatic carbocycles. The summed E-state index contributed by atoms with van der Waals surface area (Å²) in [5.74, 6) is 1.75. The van der Waals surface area contributed by atoms with Crippen LogP contribution in [-0.2, 0) is 9.59 Å². The fourth-order valence-corrected chi connectivity index (χ4v) is 5.40. The van der Waals surface area contributed by atoms with E-state index in [2.05, 4.69) is 4.98 Å². The molecule has 0 saturated carbocycles. The number of amides is 2. The second-order valence-electron chi connectivity index (χ2n) is 8.06. The van der Waals surface area contributed by atoms with Gasteiger partial charge in [0.25, 0.3) is 0 Å². The smallest absolute Gasteiger partial charge is 0.227 e. The van der Waals surface area contributed by atoms with Crippen LogP contribution in [0, 0.1) is 0 Å². The lowest BCUT2D eigenvalue weighted by molar-refractivity contribution is -0.134. The SMILES string of the molecule is O=C(CCC(=O)N1CCSc2ccccc21)N1CCCC(c2nc3ccccc3o2)C1. The van der Waals surface area contributed by atoms with Crippen LogP contribution in [0.15, 0.2) is 57.8 Å². The van der Waals surface area contributed by atoms with Gasteiger partial charge in [-0.15, -0.1) is 11.8 Å². The van der Waals surface area contributed by atoms with Crippen LogP contribution >= 0.6 is 11.8 Å². The number of anilines is 1. The number of para-hydroxylation sites is 3. The minimum Gasteiger partial charge on any atom is -0.440 e. The van der Waals surface area contributed by atoms with Gasteiger partial charge < -0.3 is 14.2 Å². The number of nitrogens with zero attached hydrogens (tertiary/aromatic N) is 3. The molecule has 1 atom stereocenters. The van der Waals surface area contributed by atoms with Gasteiger partial charge in [0.2, 0.25) is 11.8 Å². The van der Waals surface area contributed by atoms with E-state index in [0.29, 0.717) is 19.0 Å². The zero-order valence-electron chi connectivity index (χ0n) is 17.3. The highest BCUT2D eigenvalue weighted by Crippen LogP contribution is 2.35. The molecule has 0 radical (unpaired) electrons. The number of carbonyl (C=O) groups is 2. The van der Waals surface area contributed by atoms with Crippen molar-refractivity contribution in [2.75, 3.05) is 30.3 Å². The Labute approximate surface area is 185 Å². The first-order valence-corrected chi connectivity index (χ1v) is 11.8. The molecule has 1 fully saturated rings. The van der Waals surface area contributed by atoms with Gasteiger partial charge in [-0.3, -0.25) is 9.59 Å². The first-order valence-electron chi connectivity index (χ1n) is 10.8. The summed E-state index contributed by atoms with van der Waals surface area (Å²) in [5.41, 5.74) is 2.60. The predicted octanol–water partition coefficient (Wildman–Crippen LogP) is 4.45. The predicted molar refractivity (Wildman–Crippen MR) is 121 cm³/mol. The van der Waals surface area contributed by atoms with Crippen LogP contribution in [0.3, 0.4) is 0 Å². The molecular weight excluding hydrogens is 410 g/mol. The lowest BCUT2D eigenvalue weighted by Gasteiger charge is -2.32. The Bertz CT molecular complexity index is 1080. The van der Waals surface area contributed by atoms with E-state index in [9.17, 15) is 9.59 Å². The first kappa shape index (κ1) is 20.1. The molecule has 1 aromatic heterocycles. The third-order valence-corrected chi connectivity index (χ3v) is 7.06. The maximum atomic E-state index is 12.9. The molecule has 2 aromatic carbocycles. The van der Waals surface area contributed by atoms with Crippen LogP contribution in [0.2, 0.25) is 0 Å². The van der Waals surface area contributed by atoms with Gasteiger partial charge in [-0.05, 0) is 37.1 Å². The molecule has 7 heteroatoms. The molecule has 160 valence electrons. The van der Waals surface area contributed by atoms with Crippen LogP contribution < -0.4 is 4.90 Å². The standard InChI is InChI=1S/C24H25N3O3S/c28-22(11-12-23(29)27-14-15-31-21-10-4-2-8-19(21)27)26-13-5-6-17(16-26)24-25-18-7-1-3-9-20(18)30-24/h1-4,7-10,17H,5-6,11-16H2. The largest absolute Gasteiger partial charge is 0.440 e. The normalized spacial score (nSPS) is 18.8. The van der Waals surface area contributed by atoms with E-state index < -0.39 is 0 Å². The Morgan fingerprint density at radius 3 is 2.74 bits per heavy atom. The quantitative estimate of drug-likeness (QED) is 0.606. The molecule has 5 rings (SSSR count). The number of rotatable bonds is 4. The summed E-state index contributed by atoms with van der Waals surface area (Å²) in [6.07, 6.45) is 2.35. The Hall–Kier alpha value is -2.80. The average Bonchev–Trinajstić information content (AvgIpc) is 3.26. The Morgan fingerprint density at radius 1 is 1.03 bits per heavy atom. The molecule has 1 saturated heterocycles. The maximum absolute atomic E-state index is 12.9. The molecule has 0 bridgehead atoms. The number of piperidine rings is 1. The van der Waals surface area contributed by atoms with Gasteiger partial charge in [0.15, 0.2) is 11.5 Å². The molecule has 0 spiro atoms. The van der Waals surface area contributed by atoms with Gasteiger partial charge in [-0.25, -0.2) is 4.98 Å². The molecule has 2 aliphatic rings. The van der Waals surface area contributed by atoms with Crippen molar-refractivity contribution in [3.05, 3.63) is 54.4 Å². The number of benzene rings is 2. The van der Waals surface area contributed by atoms with Gasteiger partial charge >= 0.3 is 0 Å². The zero-order chi connectivity index (χ0) is 21.2. The van der Waals surface area contributed by atoms with Crippen LogP contribution in [0.5, 0.6) is 0 Å². The number of aromatic nitrogens is 1. The molecule has 0 N–H and O–H groups in total. The van der Waals surface area contributed by atoms with Crippen molar-refractivity contribution in [1.29, 1.82) is 0 Å². The lowest BCUT2D eigenvalue weighted by atomic mass is 9.97. The molecule has 2 amide bonds. The van der Waals surface area contributed by atoms with Crippen molar-refractivity contribution in [1.82, 2.24) is 9.88 Å². The highest BCUT2D eigenvalue weighted by molar-refractivity contribution is 7.99. The van der Waals surface area contributed by atoms with E-state index in [1.165, 1.54) is 0 Å². The van der Waals surface area contributed by atoms with Crippen molar-refractivity contribution >= 4 is 40.4 Å². The van der Waals surface area contributed by atoms with E-state index in [0.717, 1.165) is 46.8 Å². The van der Waals surface area contributed by atoms with E-state index in [1.54, 1.807) is 11.8 Å². The fraction of sp³-hybridized carbons (Fsp3) is 0.375. The van der Waals surface area contributed by atoms with Gasteiger partial charge in [-0.2, -0.15) is 0 Å². The topological polar surface area (TPSA) is 66.7 Å². The second kappa shape index (κ2) is 8.75. The van der Waals surface area contributed by atoms with E-state index >= 15 is 0 Å². The lowest BCUT2D eigenvalue weighted by Crippen LogP contribution is -2.40. The van der Waals surface area contributed by atoms with Crippen LogP contribution in [-0.4, -0.2) is 47.1 Å². The highest BCUT2D eigenvalue weighted by Gasteiger charge is 2.29. The Morgan fingerprint density at radius 2 is 1.84 bits per heavy atom. The third kappa shape index (κ3) is 4.19. The number of thioether (sulfide) groups is 1. The molecule has 31 heavy (non-hydrogen) atoms. The zero-order valence-corrected chi connectivity index (χ0v) is 18.1. The first-order chi connectivity index (χ1) is 15.2. The Kier molecular flexibility index (Phi) is 5.68. The molecule has 3 heterocycles. The minimum absolute atomic E-state index is 0.0219. The number of oxazole rings is 1. The number of hydrogen-bond donors (Lipinski definition) is 0. The maximum Gasteiger partial charge on any atom is 0.227 e. The highest BCUT2D eigenvalue weighted by atomic mass is 32.2. The second-order valence-corrected chi connectivity index (χ2v) is 9.20. The van der Waals surface area contributed by atoms with Crippen molar-refractivity contribution in [2.24, 2.45) is 0 Å². The third-order valence-electron chi connectivity index (χ3n) is 6.02. The summed E-state index contributed by atoms with van der Waals surface area (Å²) < 4.78 is 5.93. The van der Waals surface area contributed by atoms with Gasteiger partial charge in [0, 0.05) is 43.1 Å². The van der Waals surface area contributed by atoms with E-state index in [4.69, 9.17) is 4.42 Å². The number of hydrogen-bond acceptors (Lipinski definition) is 5. The van der Waals surface area contributed by atoms with Crippen molar-refractivity contribution < 1.29 is 14.0 Å². The van der Waals surface area contributed by atoms with Gasteiger partial charge in [-0.1, -0.05) is 24.3 Å². The number of fused-ring (bicyclic) bond motifs is 2. The molecular formula is C24H25N3O3S. The summed E-state index contributed by atoms with van der Waals surface area (Å²) in [6, 6.07) is 15.7. The molecule has 3 aromatic rings. The molecule has 2 aliphatic heterocycles. The van der Waals surface area contributed by atoms with E-state index in [1.807, 2.05) is 58.3 Å². The van der Waals surface area contributed by atoms with Crippen LogP contribution in [0.25, 0.3) is 11.1 Å². The van der Waals surface area contributed by atoms with Crippen molar-refractivity contribution in [3.63, 3.8) is 0 Å². The summed E-state index contributed by atoms with van der Waals surface area (Å²) in [7, 11) is 0. The van der Waals surface area contributed by atoms with Crippen LogP contribution in [0.4, 0.5) is 5.69 Å². The van der Waals surface area contributed by atoms with Gasteiger partial charge in [0.1, 0.15) is 5.52 Å². The van der Waals surface area contributed by atoms with Gasteiger partial charge in [0.05, 0.1) is 11.6 Å². The van der Waals surface area contributed by atoms with Crippen molar-refractivity contribution in [3.8, 4) is 0 Å². The molecule has 1 unspecified atom stereocenters. The minimum atomic E-state index is 0.0219. The molecule has 6 nitrogen and oxygen atoms in total. The average molecular weight is 436 g/mol. The Balaban J connectivity index is 1.20. The monoisotopic (exact) mass is 435 g/mol. The number of likely N-dealkylation sites (tertiary alicyclic amines) is 1. The summed E-state index contributed by atoms with van der Waals surface area (Å²) >= 11 is 1.77. The summed E-state index contributed by atoms with van der Waals surface area (Å²) in [5, 5.41) is 0. The summed E-state index contributed by atoms with van der Waals surface area (Å²) in [6.45, 7) is 2.02. The van der Waals surface area contributed by atoms with E-state index in [-0.39, 0.29) is 30.6 Å². The van der Waals surface area contributed by atoms with Crippen LogP contribution in [0.1, 0.15) is 37.5 Å². The summed E-state index contributed by atoms with van der Waals surface area (Å²) in [4.78, 5) is 35.2. The van der Waals surface area contributed by atoms with Crippen molar-refractivity contribution in [2.45, 2.75) is 36.5 Å². The number of carbonyl (C=O) groups excluding carboxylic acids is 2. The fourth-order valence-electron chi connectivity index (χ4n) is 4.41.